The van der Waals surface area contributed by atoms with Gasteiger partial charge < -0.3 is 14.8 Å². The molecule has 0 aromatic heterocycles. The zero-order chi connectivity index (χ0) is 12.1. The first kappa shape index (κ1) is 12.2. The van der Waals surface area contributed by atoms with E-state index in [4.69, 9.17) is 9.47 Å². The molecule has 1 atom stereocenters. The molecule has 1 aliphatic rings. The fourth-order valence-electron chi connectivity index (χ4n) is 2.40. The quantitative estimate of drug-likeness (QED) is 0.873. The summed E-state index contributed by atoms with van der Waals surface area (Å²) in [5.74, 6) is 1.77. The normalized spacial score (nSPS) is 20.7. The maximum absolute atomic E-state index is 5.46. The second-order valence-electron chi connectivity index (χ2n) is 4.46. The number of rotatable bonds is 3. The molecule has 1 aromatic rings. The van der Waals surface area contributed by atoms with Gasteiger partial charge in [-0.15, -0.1) is 0 Å². The first-order valence-corrected chi connectivity index (χ1v) is 6.30. The van der Waals surface area contributed by atoms with Gasteiger partial charge in [0.05, 0.1) is 14.2 Å². The van der Waals surface area contributed by atoms with Gasteiger partial charge in [0.1, 0.15) is 11.5 Å². The summed E-state index contributed by atoms with van der Waals surface area (Å²) >= 11 is 0. The van der Waals surface area contributed by atoms with Gasteiger partial charge in [0.15, 0.2) is 0 Å². The Kier molecular flexibility index (Phi) is 4.26. The maximum Gasteiger partial charge on any atom is 0.127 e. The molecule has 94 valence electrons. The van der Waals surface area contributed by atoms with E-state index in [0.717, 1.165) is 18.0 Å². The predicted molar refractivity (Wildman–Crippen MR) is 68.8 cm³/mol. The van der Waals surface area contributed by atoms with Crippen molar-refractivity contribution in [2.75, 3.05) is 20.8 Å². The van der Waals surface area contributed by atoms with Crippen molar-refractivity contribution in [3.8, 4) is 11.5 Å². The summed E-state index contributed by atoms with van der Waals surface area (Å²) in [6, 6.07) is 6.49. The van der Waals surface area contributed by atoms with Crippen LogP contribution in [0.5, 0.6) is 11.5 Å². The van der Waals surface area contributed by atoms with E-state index >= 15 is 0 Å². The van der Waals surface area contributed by atoms with Crippen molar-refractivity contribution in [3.05, 3.63) is 23.8 Å². The van der Waals surface area contributed by atoms with Crippen LogP contribution in [0.15, 0.2) is 18.2 Å². The van der Waals surface area contributed by atoms with Gasteiger partial charge in [-0.25, -0.2) is 0 Å². The Morgan fingerprint density at radius 1 is 1.12 bits per heavy atom. The van der Waals surface area contributed by atoms with E-state index in [-0.39, 0.29) is 0 Å². The average Bonchev–Trinajstić information content (AvgIpc) is 2.66. The molecule has 0 unspecified atom stereocenters. The Balaban J connectivity index is 2.23. The van der Waals surface area contributed by atoms with E-state index in [0.29, 0.717) is 6.04 Å². The van der Waals surface area contributed by atoms with Crippen molar-refractivity contribution in [2.45, 2.75) is 31.7 Å². The van der Waals surface area contributed by atoms with Crippen LogP contribution >= 0.6 is 0 Å². The van der Waals surface area contributed by atoms with Gasteiger partial charge in [0.2, 0.25) is 0 Å². The molecule has 0 spiro atoms. The molecule has 0 saturated carbocycles. The van der Waals surface area contributed by atoms with Crippen LogP contribution in [0.1, 0.15) is 37.3 Å². The van der Waals surface area contributed by atoms with Crippen molar-refractivity contribution in [2.24, 2.45) is 0 Å². The fourth-order valence-corrected chi connectivity index (χ4v) is 2.40. The van der Waals surface area contributed by atoms with Crippen LogP contribution in [0, 0.1) is 0 Å². The monoisotopic (exact) mass is 235 g/mol. The van der Waals surface area contributed by atoms with Crippen LogP contribution in [0.4, 0.5) is 0 Å². The minimum absolute atomic E-state index is 0.415. The van der Waals surface area contributed by atoms with Crippen molar-refractivity contribution in [3.63, 3.8) is 0 Å². The molecule has 1 aromatic carbocycles. The van der Waals surface area contributed by atoms with Crippen molar-refractivity contribution in [1.82, 2.24) is 5.32 Å². The van der Waals surface area contributed by atoms with Gasteiger partial charge in [-0.1, -0.05) is 18.9 Å². The number of methoxy groups -OCH3 is 2. The van der Waals surface area contributed by atoms with Crippen molar-refractivity contribution in [1.29, 1.82) is 0 Å². The van der Waals surface area contributed by atoms with Gasteiger partial charge in [-0.3, -0.25) is 0 Å². The highest BCUT2D eigenvalue weighted by molar-refractivity contribution is 5.42. The summed E-state index contributed by atoms with van der Waals surface area (Å²) in [6.07, 6.45) is 5.06. The lowest BCUT2D eigenvalue weighted by Gasteiger charge is -2.19. The highest BCUT2D eigenvalue weighted by Gasteiger charge is 2.17. The van der Waals surface area contributed by atoms with Crippen LogP contribution in [0.25, 0.3) is 0 Å². The third-order valence-corrected chi connectivity index (χ3v) is 3.38. The Labute approximate surface area is 103 Å². The topological polar surface area (TPSA) is 30.5 Å². The second-order valence-corrected chi connectivity index (χ2v) is 4.46. The third kappa shape index (κ3) is 2.91. The van der Waals surface area contributed by atoms with Crippen LogP contribution in [-0.2, 0) is 0 Å². The molecule has 17 heavy (non-hydrogen) atoms. The van der Waals surface area contributed by atoms with E-state index in [9.17, 15) is 0 Å². The number of benzene rings is 1. The summed E-state index contributed by atoms with van der Waals surface area (Å²) in [5, 5.41) is 3.59. The minimum atomic E-state index is 0.415. The van der Waals surface area contributed by atoms with Gasteiger partial charge in [-0.05, 0) is 25.5 Å². The fraction of sp³-hybridized carbons (Fsp3) is 0.571. The molecule has 0 aliphatic carbocycles. The van der Waals surface area contributed by atoms with Crippen LogP contribution in [0.2, 0.25) is 0 Å². The summed E-state index contributed by atoms with van der Waals surface area (Å²) in [4.78, 5) is 0. The van der Waals surface area contributed by atoms with Gasteiger partial charge >= 0.3 is 0 Å². The molecule has 0 radical (unpaired) electrons. The highest BCUT2D eigenvalue weighted by atomic mass is 16.5. The van der Waals surface area contributed by atoms with Gasteiger partial charge in [0, 0.05) is 17.7 Å². The van der Waals surface area contributed by atoms with E-state index in [1.165, 1.54) is 31.2 Å². The number of hydrogen-bond acceptors (Lipinski definition) is 3. The predicted octanol–water partition coefficient (Wildman–Crippen LogP) is 2.91. The van der Waals surface area contributed by atoms with Crippen LogP contribution in [0.3, 0.4) is 0 Å². The summed E-state index contributed by atoms with van der Waals surface area (Å²) in [7, 11) is 3.40. The zero-order valence-electron chi connectivity index (χ0n) is 10.7. The molecular weight excluding hydrogens is 214 g/mol. The number of hydrogen-bond donors (Lipinski definition) is 1. The van der Waals surface area contributed by atoms with E-state index in [1.807, 2.05) is 12.1 Å². The summed E-state index contributed by atoms with van der Waals surface area (Å²) < 4.78 is 10.7. The van der Waals surface area contributed by atoms with Crippen molar-refractivity contribution < 1.29 is 9.47 Å². The molecule has 1 fully saturated rings. The lowest BCUT2D eigenvalue weighted by atomic mass is 10.0. The van der Waals surface area contributed by atoms with Gasteiger partial charge in [-0.2, -0.15) is 0 Å². The molecule has 1 aliphatic heterocycles. The summed E-state index contributed by atoms with van der Waals surface area (Å²) in [5.41, 5.74) is 1.25. The SMILES string of the molecule is COc1ccc([C@@H]2CCCCCN2)c(OC)c1. The molecule has 1 N–H and O–H groups in total. The average molecular weight is 235 g/mol. The largest absolute Gasteiger partial charge is 0.497 e. The molecule has 3 heteroatoms. The Hall–Kier alpha value is -1.22. The van der Waals surface area contributed by atoms with E-state index in [1.54, 1.807) is 14.2 Å². The highest BCUT2D eigenvalue weighted by Crippen LogP contribution is 2.32. The zero-order valence-corrected chi connectivity index (χ0v) is 10.7. The third-order valence-electron chi connectivity index (χ3n) is 3.38. The first-order valence-electron chi connectivity index (χ1n) is 6.30. The lowest BCUT2D eigenvalue weighted by Crippen LogP contribution is -2.20. The van der Waals surface area contributed by atoms with Gasteiger partial charge in [0.25, 0.3) is 0 Å². The first-order chi connectivity index (χ1) is 8.35. The summed E-state index contributed by atoms with van der Waals surface area (Å²) in [6.45, 7) is 1.10. The minimum Gasteiger partial charge on any atom is -0.497 e. The second kappa shape index (κ2) is 5.92. The Morgan fingerprint density at radius 3 is 2.76 bits per heavy atom. The van der Waals surface area contributed by atoms with Crippen LogP contribution < -0.4 is 14.8 Å². The number of ether oxygens (including phenoxy) is 2. The Bertz CT molecular complexity index is 357. The molecule has 1 saturated heterocycles. The number of nitrogens with one attached hydrogen (secondary N) is 1. The smallest absolute Gasteiger partial charge is 0.127 e. The van der Waals surface area contributed by atoms with E-state index in [2.05, 4.69) is 11.4 Å². The van der Waals surface area contributed by atoms with Crippen LogP contribution in [-0.4, -0.2) is 20.8 Å². The molecular formula is C14H21NO2. The standard InChI is InChI=1S/C14H21NO2/c1-16-11-7-8-12(14(10-11)17-2)13-6-4-3-5-9-15-13/h7-8,10,13,15H,3-6,9H2,1-2H3/t13-/m0/s1. The molecule has 1 heterocycles. The van der Waals surface area contributed by atoms with E-state index < -0.39 is 0 Å². The molecule has 0 amide bonds. The molecule has 3 nitrogen and oxygen atoms in total. The molecule has 2 rings (SSSR count). The maximum atomic E-state index is 5.46. The molecule has 0 bridgehead atoms. The lowest BCUT2D eigenvalue weighted by molar-refractivity contribution is 0.383. The Morgan fingerprint density at radius 2 is 2.00 bits per heavy atom. The van der Waals surface area contributed by atoms with Crippen molar-refractivity contribution >= 4 is 0 Å².